The van der Waals surface area contributed by atoms with Gasteiger partial charge in [0, 0.05) is 24.4 Å². The van der Waals surface area contributed by atoms with E-state index in [0.29, 0.717) is 12.8 Å². The third-order valence-electron chi connectivity index (χ3n) is 6.49. The van der Waals surface area contributed by atoms with Gasteiger partial charge in [-0.15, -0.1) is 0 Å². The quantitative estimate of drug-likeness (QED) is 0.473. The second-order valence-corrected chi connectivity index (χ2v) is 8.72. The van der Waals surface area contributed by atoms with Crippen molar-refractivity contribution in [3.05, 3.63) is 77.7 Å². The molecule has 3 aromatic rings. The van der Waals surface area contributed by atoms with Crippen LogP contribution in [0.4, 0.5) is 10.5 Å². The van der Waals surface area contributed by atoms with Crippen LogP contribution in [0.2, 0.25) is 0 Å². The Morgan fingerprint density at radius 1 is 0.971 bits per heavy atom. The Balaban J connectivity index is 1.18. The summed E-state index contributed by atoms with van der Waals surface area (Å²) in [6.07, 6.45) is 1.95. The van der Waals surface area contributed by atoms with Gasteiger partial charge in [-0.05, 0) is 41.0 Å². The number of carbonyl (C=O) groups excluding carboxylic acids is 2. The highest BCUT2D eigenvalue weighted by atomic mass is 16.5. The molecule has 2 aliphatic rings. The fourth-order valence-electron chi connectivity index (χ4n) is 4.85. The lowest BCUT2D eigenvalue weighted by Crippen LogP contribution is -2.44. The zero-order chi connectivity index (χ0) is 23.7. The number of anilines is 1. The maximum absolute atomic E-state index is 12.6. The summed E-state index contributed by atoms with van der Waals surface area (Å²) in [5, 5.41) is 14.3. The molecule has 174 valence electrons. The number of carboxylic acid groups (broad SMARTS) is 1. The van der Waals surface area contributed by atoms with Crippen molar-refractivity contribution in [3.63, 3.8) is 0 Å². The number of nitrogens with one attached hydrogen (secondary N) is 2. The van der Waals surface area contributed by atoms with E-state index in [1.165, 1.54) is 12.3 Å². The van der Waals surface area contributed by atoms with Crippen LogP contribution >= 0.6 is 0 Å². The largest absolute Gasteiger partial charge is 0.481 e. The van der Waals surface area contributed by atoms with Gasteiger partial charge in [-0.3, -0.25) is 14.9 Å². The normalized spacial score (nSPS) is 18.4. The number of aliphatic carboxylic acids is 1. The molecule has 0 radical (unpaired) electrons. The number of rotatable bonds is 7. The highest BCUT2D eigenvalue weighted by Gasteiger charge is 2.33. The fourth-order valence-corrected chi connectivity index (χ4v) is 4.85. The van der Waals surface area contributed by atoms with Gasteiger partial charge in [0.1, 0.15) is 6.61 Å². The Morgan fingerprint density at radius 2 is 1.62 bits per heavy atom. The van der Waals surface area contributed by atoms with Crippen LogP contribution in [0.3, 0.4) is 0 Å². The minimum absolute atomic E-state index is 0.0183. The van der Waals surface area contributed by atoms with Gasteiger partial charge in [0.05, 0.1) is 12.0 Å². The topological polar surface area (TPSA) is 118 Å². The average molecular weight is 460 g/mol. The van der Waals surface area contributed by atoms with E-state index in [0.717, 1.165) is 22.3 Å². The third-order valence-corrected chi connectivity index (χ3v) is 6.49. The number of hydrogen-bond donors (Lipinski definition) is 3. The van der Waals surface area contributed by atoms with Gasteiger partial charge < -0.3 is 19.6 Å². The molecule has 1 saturated carbocycles. The van der Waals surface area contributed by atoms with Crippen molar-refractivity contribution < 1.29 is 28.6 Å². The van der Waals surface area contributed by atoms with Crippen LogP contribution in [0.25, 0.3) is 11.1 Å². The summed E-state index contributed by atoms with van der Waals surface area (Å²) in [5.74, 6) is -1.32. The van der Waals surface area contributed by atoms with Crippen molar-refractivity contribution in [1.29, 1.82) is 0 Å². The number of benzene rings is 2. The molecule has 1 aromatic heterocycles. The van der Waals surface area contributed by atoms with Crippen LogP contribution in [0.1, 0.15) is 46.9 Å². The number of carboxylic acids is 1. The predicted octanol–water partition coefficient (Wildman–Crippen LogP) is 4.62. The van der Waals surface area contributed by atoms with Crippen LogP contribution in [0.15, 0.2) is 65.3 Å². The average Bonchev–Trinajstić information content (AvgIpc) is 3.38. The first-order valence-electron chi connectivity index (χ1n) is 11.2. The number of ether oxygens (including phenoxy) is 1. The molecule has 8 nitrogen and oxygen atoms in total. The highest BCUT2D eigenvalue weighted by Crippen LogP contribution is 2.44. The molecule has 2 aromatic carbocycles. The maximum atomic E-state index is 12.6. The van der Waals surface area contributed by atoms with Gasteiger partial charge >= 0.3 is 12.1 Å². The van der Waals surface area contributed by atoms with Crippen LogP contribution in [-0.2, 0) is 9.53 Å². The van der Waals surface area contributed by atoms with E-state index >= 15 is 0 Å². The number of fused-ring (bicyclic) bond motifs is 3. The molecule has 34 heavy (non-hydrogen) atoms. The second-order valence-electron chi connectivity index (χ2n) is 8.72. The number of carbonyl (C=O) groups is 3. The maximum Gasteiger partial charge on any atom is 0.411 e. The van der Waals surface area contributed by atoms with Crippen molar-refractivity contribution in [2.24, 2.45) is 5.92 Å². The van der Waals surface area contributed by atoms with Gasteiger partial charge in [0.25, 0.3) is 5.91 Å². The van der Waals surface area contributed by atoms with E-state index in [9.17, 15) is 14.4 Å². The van der Waals surface area contributed by atoms with Crippen LogP contribution < -0.4 is 10.6 Å². The Hall–Kier alpha value is -4.07. The van der Waals surface area contributed by atoms with Crippen molar-refractivity contribution in [2.75, 3.05) is 11.9 Å². The molecule has 2 aliphatic carbocycles. The summed E-state index contributed by atoms with van der Waals surface area (Å²) in [6.45, 7) is 0.159. The number of furan rings is 1. The number of hydrogen-bond acceptors (Lipinski definition) is 5. The summed E-state index contributed by atoms with van der Waals surface area (Å²) in [7, 11) is 0. The predicted molar refractivity (Wildman–Crippen MR) is 124 cm³/mol. The molecular formula is C26H24N2O6. The van der Waals surface area contributed by atoms with Crippen LogP contribution in [-0.4, -0.2) is 35.7 Å². The van der Waals surface area contributed by atoms with Crippen LogP contribution in [0.5, 0.6) is 0 Å². The fraction of sp³-hybridized carbons (Fsp3) is 0.269. The first kappa shape index (κ1) is 21.8. The zero-order valence-electron chi connectivity index (χ0n) is 18.3. The van der Waals surface area contributed by atoms with Crippen molar-refractivity contribution in [2.45, 2.75) is 31.2 Å². The van der Waals surface area contributed by atoms with E-state index in [-0.39, 0.29) is 42.4 Å². The first-order chi connectivity index (χ1) is 16.5. The summed E-state index contributed by atoms with van der Waals surface area (Å²) in [4.78, 5) is 35.9. The van der Waals surface area contributed by atoms with Crippen molar-refractivity contribution in [3.8, 4) is 11.1 Å². The minimum atomic E-state index is -0.838. The molecule has 0 spiro atoms. The molecular weight excluding hydrogens is 436 g/mol. The molecule has 1 fully saturated rings. The summed E-state index contributed by atoms with van der Waals surface area (Å²) < 4.78 is 10.8. The van der Waals surface area contributed by atoms with Gasteiger partial charge in [-0.1, -0.05) is 48.5 Å². The zero-order valence-corrected chi connectivity index (χ0v) is 18.3. The Labute approximate surface area is 195 Å². The van der Waals surface area contributed by atoms with E-state index in [1.807, 2.05) is 36.4 Å². The third kappa shape index (κ3) is 4.26. The van der Waals surface area contributed by atoms with Gasteiger partial charge in [-0.25, -0.2) is 4.79 Å². The number of amides is 2. The monoisotopic (exact) mass is 460 g/mol. The summed E-state index contributed by atoms with van der Waals surface area (Å²) in [5.41, 5.74) is 4.73. The standard InChI is InChI=1S/C26H24N2O6/c29-23(30)13-15-11-16(12-15)27-25(31)24-22(9-10-33-24)28-26(32)34-14-21-19-7-3-1-5-17(19)18-6-2-4-8-20(18)21/h1-10,15-16,21H,11-14H2,(H,27,31)(H,28,32)(H,29,30). The molecule has 2 amide bonds. The Morgan fingerprint density at radius 3 is 2.26 bits per heavy atom. The molecule has 5 rings (SSSR count). The SMILES string of the molecule is O=C(O)CC1CC(NC(=O)c2occc2NC(=O)OCC2c3ccccc3-c3ccccc32)C1. The van der Waals surface area contributed by atoms with E-state index in [2.05, 4.69) is 22.8 Å². The molecule has 0 atom stereocenters. The second kappa shape index (κ2) is 9.05. The minimum Gasteiger partial charge on any atom is -0.481 e. The smallest absolute Gasteiger partial charge is 0.411 e. The molecule has 0 unspecified atom stereocenters. The Bertz CT molecular complexity index is 1200. The lowest BCUT2D eigenvalue weighted by atomic mass is 9.78. The Kier molecular flexibility index (Phi) is 5.79. The first-order valence-corrected chi connectivity index (χ1v) is 11.2. The molecule has 0 saturated heterocycles. The van der Waals surface area contributed by atoms with Crippen molar-refractivity contribution in [1.82, 2.24) is 5.32 Å². The van der Waals surface area contributed by atoms with Gasteiger partial charge in [0.2, 0.25) is 5.76 Å². The van der Waals surface area contributed by atoms with Crippen molar-refractivity contribution >= 4 is 23.7 Å². The highest BCUT2D eigenvalue weighted by molar-refractivity contribution is 6.00. The summed E-state index contributed by atoms with van der Waals surface area (Å²) >= 11 is 0. The molecule has 0 bridgehead atoms. The van der Waals surface area contributed by atoms with E-state index < -0.39 is 18.0 Å². The lowest BCUT2D eigenvalue weighted by molar-refractivity contribution is -0.138. The van der Waals surface area contributed by atoms with Gasteiger partial charge in [0.15, 0.2) is 0 Å². The van der Waals surface area contributed by atoms with Crippen LogP contribution in [0, 0.1) is 5.92 Å². The van der Waals surface area contributed by atoms with E-state index in [4.69, 9.17) is 14.3 Å². The van der Waals surface area contributed by atoms with Gasteiger partial charge in [-0.2, -0.15) is 0 Å². The molecule has 3 N–H and O–H groups in total. The van der Waals surface area contributed by atoms with E-state index in [1.54, 1.807) is 0 Å². The molecule has 8 heteroatoms. The summed E-state index contributed by atoms with van der Waals surface area (Å²) in [6, 6.07) is 17.5. The molecule has 0 aliphatic heterocycles. The molecule has 1 heterocycles. The lowest BCUT2D eigenvalue weighted by Gasteiger charge is -2.34.